The Morgan fingerprint density at radius 1 is 1.15 bits per heavy atom. The lowest BCUT2D eigenvalue weighted by molar-refractivity contribution is -0.139. The van der Waals surface area contributed by atoms with Crippen LogP contribution >= 0.6 is 12.4 Å². The predicted octanol–water partition coefficient (Wildman–Crippen LogP) is 3.87. The van der Waals surface area contributed by atoms with Gasteiger partial charge in [0.25, 0.3) is 0 Å². The van der Waals surface area contributed by atoms with E-state index in [0.29, 0.717) is 12.0 Å². The molecule has 1 aromatic rings. The van der Waals surface area contributed by atoms with Gasteiger partial charge >= 0.3 is 6.18 Å². The first-order chi connectivity index (χ1) is 12.3. The van der Waals surface area contributed by atoms with Gasteiger partial charge in [-0.15, -0.1) is 12.4 Å². The molecular formula is C19H29ClF3NO3. The molecule has 0 aliphatic heterocycles. The van der Waals surface area contributed by atoms with Crippen LogP contribution in [-0.4, -0.2) is 35.6 Å². The van der Waals surface area contributed by atoms with E-state index in [1.165, 1.54) is 6.07 Å². The predicted molar refractivity (Wildman–Crippen MR) is 102 cm³/mol. The van der Waals surface area contributed by atoms with E-state index in [9.17, 15) is 23.4 Å². The highest BCUT2D eigenvalue weighted by Crippen LogP contribution is 2.37. The van der Waals surface area contributed by atoms with Gasteiger partial charge in [0.1, 0.15) is 5.75 Å². The molecule has 0 aliphatic rings. The molecule has 8 heteroatoms. The molecule has 156 valence electrons. The Morgan fingerprint density at radius 3 is 2.37 bits per heavy atom. The Morgan fingerprint density at radius 2 is 1.81 bits per heavy atom. The maximum absolute atomic E-state index is 13.3. The highest BCUT2D eigenvalue weighted by Gasteiger charge is 2.35. The monoisotopic (exact) mass is 411 g/mol. The van der Waals surface area contributed by atoms with Crippen LogP contribution in [0.15, 0.2) is 30.4 Å². The number of rotatable bonds is 11. The second-order valence-corrected chi connectivity index (χ2v) is 6.38. The third-order valence-electron chi connectivity index (χ3n) is 4.07. The third-order valence-corrected chi connectivity index (χ3v) is 4.07. The number of ether oxygens (including phenoxy) is 1. The van der Waals surface area contributed by atoms with Crippen molar-refractivity contribution in [2.24, 2.45) is 5.73 Å². The van der Waals surface area contributed by atoms with Crippen molar-refractivity contribution in [3.63, 3.8) is 0 Å². The number of aryl methyl sites for hydroxylation is 1. The molecule has 0 bridgehead atoms. The van der Waals surface area contributed by atoms with E-state index in [2.05, 4.69) is 0 Å². The summed E-state index contributed by atoms with van der Waals surface area (Å²) >= 11 is 0. The van der Waals surface area contributed by atoms with Crippen molar-refractivity contribution in [1.29, 1.82) is 0 Å². The summed E-state index contributed by atoms with van der Waals surface area (Å²) in [5.74, 6) is -0.191. The molecule has 0 aromatic heterocycles. The van der Waals surface area contributed by atoms with Crippen LogP contribution in [-0.2, 0) is 12.6 Å². The van der Waals surface area contributed by atoms with Gasteiger partial charge in [0.05, 0.1) is 30.9 Å². The van der Waals surface area contributed by atoms with E-state index in [-0.39, 0.29) is 37.6 Å². The quantitative estimate of drug-likeness (QED) is 0.381. The second-order valence-electron chi connectivity index (χ2n) is 6.38. The summed E-state index contributed by atoms with van der Waals surface area (Å²) in [5, 5.41) is 18.4. The van der Waals surface area contributed by atoms with Gasteiger partial charge in [-0.1, -0.05) is 25.1 Å². The van der Waals surface area contributed by atoms with E-state index in [0.717, 1.165) is 18.9 Å². The molecule has 0 amide bonds. The minimum absolute atomic E-state index is 0. The number of nitrogens with two attached hydrogens (primary N) is 1. The molecule has 0 atom stereocenters. The summed E-state index contributed by atoms with van der Waals surface area (Å²) < 4.78 is 45.3. The molecule has 0 aliphatic carbocycles. The standard InChI is InChI=1S/C19H28F3NO3.ClH/c1-2-3-4-5-6-11-26-17-8-7-15(12-16(17)19(20,21)22)9-10-18(23,13-24)14-25;/h3-4,7-8,12,24-25H,2,5-6,9-11,13-14,23H2,1H3;1H/b4-3-;. The minimum Gasteiger partial charge on any atom is -0.493 e. The number of halogens is 4. The number of alkyl halides is 3. The first-order valence-electron chi connectivity index (χ1n) is 8.74. The van der Waals surface area contributed by atoms with Gasteiger partial charge in [0.15, 0.2) is 0 Å². The van der Waals surface area contributed by atoms with Gasteiger partial charge < -0.3 is 20.7 Å². The van der Waals surface area contributed by atoms with Gasteiger partial charge in [-0.05, 0) is 49.8 Å². The number of unbranched alkanes of at least 4 members (excludes halogenated alkanes) is 1. The lowest BCUT2D eigenvalue weighted by atomic mass is 9.93. The van der Waals surface area contributed by atoms with Crippen LogP contribution in [0.2, 0.25) is 0 Å². The molecule has 27 heavy (non-hydrogen) atoms. The first kappa shape index (κ1) is 25.7. The van der Waals surface area contributed by atoms with Crippen molar-refractivity contribution in [2.45, 2.75) is 50.7 Å². The Bertz CT molecular complexity index is 576. The Balaban J connectivity index is 0.00000676. The van der Waals surface area contributed by atoms with Crippen LogP contribution in [0, 0.1) is 0 Å². The number of aliphatic hydroxyl groups is 2. The maximum atomic E-state index is 13.3. The Kier molecular flexibility index (Phi) is 11.7. The van der Waals surface area contributed by atoms with Crippen LogP contribution in [0.3, 0.4) is 0 Å². The van der Waals surface area contributed by atoms with Crippen molar-refractivity contribution >= 4 is 12.4 Å². The highest BCUT2D eigenvalue weighted by molar-refractivity contribution is 5.85. The smallest absolute Gasteiger partial charge is 0.419 e. The molecule has 0 spiro atoms. The molecule has 0 radical (unpaired) electrons. The average molecular weight is 412 g/mol. The lowest BCUT2D eigenvalue weighted by Gasteiger charge is -2.24. The van der Waals surface area contributed by atoms with E-state index in [1.54, 1.807) is 6.07 Å². The molecule has 0 fully saturated rings. The van der Waals surface area contributed by atoms with Crippen LogP contribution < -0.4 is 10.5 Å². The van der Waals surface area contributed by atoms with Gasteiger partial charge in [-0.25, -0.2) is 0 Å². The Hall–Kier alpha value is -1.28. The van der Waals surface area contributed by atoms with E-state index in [4.69, 9.17) is 10.5 Å². The number of allylic oxidation sites excluding steroid dienone is 2. The molecule has 4 nitrogen and oxygen atoms in total. The largest absolute Gasteiger partial charge is 0.493 e. The van der Waals surface area contributed by atoms with E-state index in [1.807, 2.05) is 19.1 Å². The fraction of sp³-hybridized carbons (Fsp3) is 0.579. The van der Waals surface area contributed by atoms with Gasteiger partial charge in [0.2, 0.25) is 0 Å². The topological polar surface area (TPSA) is 75.7 Å². The zero-order valence-corrected chi connectivity index (χ0v) is 16.3. The zero-order chi connectivity index (χ0) is 19.6. The molecule has 0 saturated carbocycles. The van der Waals surface area contributed by atoms with Crippen molar-refractivity contribution in [3.8, 4) is 5.75 Å². The van der Waals surface area contributed by atoms with Crippen LogP contribution in [0.1, 0.15) is 43.7 Å². The average Bonchev–Trinajstić information content (AvgIpc) is 2.62. The molecule has 0 heterocycles. The van der Waals surface area contributed by atoms with Gasteiger partial charge in [-0.3, -0.25) is 0 Å². The number of hydrogen-bond donors (Lipinski definition) is 3. The summed E-state index contributed by atoms with van der Waals surface area (Å²) in [5.41, 5.74) is 4.15. The van der Waals surface area contributed by atoms with Gasteiger partial charge in [0, 0.05) is 0 Å². The number of aliphatic hydroxyl groups excluding tert-OH is 2. The highest BCUT2D eigenvalue weighted by atomic mass is 35.5. The van der Waals surface area contributed by atoms with Crippen LogP contribution in [0.4, 0.5) is 13.2 Å². The molecule has 1 aromatic carbocycles. The normalized spacial score (nSPS) is 12.3. The summed E-state index contributed by atoms with van der Waals surface area (Å²) in [6.45, 7) is 1.34. The number of benzene rings is 1. The lowest BCUT2D eigenvalue weighted by Crippen LogP contribution is -2.47. The van der Waals surface area contributed by atoms with E-state index >= 15 is 0 Å². The minimum atomic E-state index is -4.53. The second kappa shape index (κ2) is 12.2. The Labute approximate surface area is 164 Å². The SMILES string of the molecule is CC/C=C\CCCOc1ccc(CCC(N)(CO)CO)cc1C(F)(F)F.Cl. The zero-order valence-electron chi connectivity index (χ0n) is 15.5. The van der Waals surface area contributed by atoms with Crippen molar-refractivity contribution in [1.82, 2.24) is 0 Å². The fourth-order valence-electron chi connectivity index (χ4n) is 2.35. The summed E-state index contributed by atoms with van der Waals surface area (Å²) in [6, 6.07) is 3.91. The molecule has 0 saturated heterocycles. The molecule has 0 unspecified atom stereocenters. The maximum Gasteiger partial charge on any atom is 0.419 e. The van der Waals surface area contributed by atoms with Crippen molar-refractivity contribution < 1.29 is 28.1 Å². The fourth-order valence-corrected chi connectivity index (χ4v) is 2.35. The molecular weight excluding hydrogens is 383 g/mol. The van der Waals surface area contributed by atoms with Crippen molar-refractivity contribution in [3.05, 3.63) is 41.5 Å². The van der Waals surface area contributed by atoms with Crippen LogP contribution in [0.25, 0.3) is 0 Å². The summed E-state index contributed by atoms with van der Waals surface area (Å²) in [7, 11) is 0. The van der Waals surface area contributed by atoms with E-state index < -0.39 is 30.5 Å². The molecule has 1 rings (SSSR count). The number of hydrogen-bond acceptors (Lipinski definition) is 4. The first-order valence-corrected chi connectivity index (χ1v) is 8.74. The molecule has 4 N–H and O–H groups in total. The van der Waals surface area contributed by atoms with Crippen LogP contribution in [0.5, 0.6) is 5.75 Å². The summed E-state index contributed by atoms with van der Waals surface area (Å²) in [4.78, 5) is 0. The third kappa shape index (κ3) is 8.97. The van der Waals surface area contributed by atoms with Crippen molar-refractivity contribution in [2.75, 3.05) is 19.8 Å². The summed E-state index contributed by atoms with van der Waals surface area (Å²) in [6.07, 6.45) is 2.17. The van der Waals surface area contributed by atoms with Gasteiger partial charge in [-0.2, -0.15) is 13.2 Å².